The molecule has 2 heterocycles. The number of amides is 1. The first-order valence-corrected chi connectivity index (χ1v) is 7.49. The highest BCUT2D eigenvalue weighted by Crippen LogP contribution is 2.41. The predicted octanol–water partition coefficient (Wildman–Crippen LogP) is 2.73. The Labute approximate surface area is 124 Å². The summed E-state index contributed by atoms with van der Waals surface area (Å²) in [5.74, 6) is 0.651. The van der Waals surface area contributed by atoms with Gasteiger partial charge in [-0.15, -0.1) is 11.3 Å². The van der Waals surface area contributed by atoms with E-state index in [1.165, 1.54) is 17.7 Å². The van der Waals surface area contributed by atoms with Crippen molar-refractivity contribution in [3.05, 3.63) is 39.2 Å². The molecule has 1 amide bonds. The van der Waals surface area contributed by atoms with E-state index in [9.17, 15) is 9.90 Å². The predicted molar refractivity (Wildman–Crippen MR) is 75.1 cm³/mol. The molecular formula is C13H13ClN2O3S. The number of aromatic nitrogens is 1. The van der Waals surface area contributed by atoms with E-state index >= 15 is 0 Å². The minimum atomic E-state index is -0.771. The molecule has 1 aliphatic carbocycles. The Morgan fingerprint density at radius 2 is 2.40 bits per heavy atom. The lowest BCUT2D eigenvalue weighted by Crippen LogP contribution is -2.29. The molecular weight excluding hydrogens is 300 g/mol. The number of carbonyl (C=O) groups is 1. The summed E-state index contributed by atoms with van der Waals surface area (Å²) in [7, 11) is 0. The van der Waals surface area contributed by atoms with Crippen LogP contribution in [0.15, 0.2) is 22.9 Å². The highest BCUT2D eigenvalue weighted by atomic mass is 35.5. The monoisotopic (exact) mass is 312 g/mol. The zero-order valence-corrected chi connectivity index (χ0v) is 12.1. The Morgan fingerprint density at radius 1 is 1.60 bits per heavy atom. The van der Waals surface area contributed by atoms with E-state index in [4.69, 9.17) is 16.0 Å². The van der Waals surface area contributed by atoms with Gasteiger partial charge < -0.3 is 14.8 Å². The Kier molecular flexibility index (Phi) is 3.78. The molecule has 0 spiro atoms. The van der Waals surface area contributed by atoms with Crippen LogP contribution in [0.2, 0.25) is 4.34 Å². The van der Waals surface area contributed by atoms with Gasteiger partial charge >= 0.3 is 0 Å². The second-order valence-corrected chi connectivity index (χ2v) is 6.45. The third kappa shape index (κ3) is 2.87. The van der Waals surface area contributed by atoms with Crippen LogP contribution in [0.1, 0.15) is 46.0 Å². The van der Waals surface area contributed by atoms with Crippen LogP contribution in [0.3, 0.4) is 0 Å². The zero-order valence-electron chi connectivity index (χ0n) is 10.5. The number of nitrogens with zero attached hydrogens (tertiary/aromatic N) is 1. The summed E-state index contributed by atoms with van der Waals surface area (Å²) in [5.41, 5.74) is 0.323. The zero-order chi connectivity index (χ0) is 14.1. The smallest absolute Gasteiger partial charge is 0.273 e. The summed E-state index contributed by atoms with van der Waals surface area (Å²) >= 11 is 7.10. The fourth-order valence-corrected chi connectivity index (χ4v) is 2.99. The maximum atomic E-state index is 12.0. The Hall–Kier alpha value is -1.37. The second kappa shape index (κ2) is 5.55. The van der Waals surface area contributed by atoms with Gasteiger partial charge in [-0.05, 0) is 25.0 Å². The molecule has 1 aliphatic rings. The van der Waals surface area contributed by atoms with Crippen LogP contribution in [0.5, 0.6) is 0 Å². The van der Waals surface area contributed by atoms with Crippen molar-refractivity contribution in [2.24, 2.45) is 0 Å². The average molecular weight is 313 g/mol. The Balaban J connectivity index is 1.60. The second-order valence-electron chi connectivity index (χ2n) is 4.71. The molecule has 1 atom stereocenters. The van der Waals surface area contributed by atoms with Gasteiger partial charge in [-0.25, -0.2) is 4.98 Å². The molecule has 1 fully saturated rings. The lowest BCUT2D eigenvalue weighted by Gasteiger charge is -2.09. The molecule has 2 aromatic heterocycles. The van der Waals surface area contributed by atoms with Crippen LogP contribution in [0, 0.1) is 0 Å². The molecule has 0 aliphatic heterocycles. The first-order valence-electron chi connectivity index (χ1n) is 6.30. The largest absolute Gasteiger partial charge is 0.447 e. The summed E-state index contributed by atoms with van der Waals surface area (Å²) in [4.78, 5) is 16.7. The first-order chi connectivity index (χ1) is 9.65. The van der Waals surface area contributed by atoms with Gasteiger partial charge in [0.15, 0.2) is 12.1 Å². The first kappa shape index (κ1) is 13.6. The fraction of sp³-hybridized carbons (Fsp3) is 0.385. The normalized spacial score (nSPS) is 16.1. The molecule has 0 radical (unpaired) electrons. The molecule has 0 aromatic carbocycles. The summed E-state index contributed by atoms with van der Waals surface area (Å²) in [6, 6.07) is 3.46. The molecule has 20 heavy (non-hydrogen) atoms. The topological polar surface area (TPSA) is 75.4 Å². The van der Waals surface area contributed by atoms with Crippen molar-refractivity contribution in [2.45, 2.75) is 24.9 Å². The van der Waals surface area contributed by atoms with Crippen LogP contribution >= 0.6 is 22.9 Å². The third-order valence-corrected chi connectivity index (χ3v) is 4.47. The van der Waals surface area contributed by atoms with Crippen molar-refractivity contribution in [3.63, 3.8) is 0 Å². The van der Waals surface area contributed by atoms with Gasteiger partial charge in [0.1, 0.15) is 11.9 Å². The fourth-order valence-electron chi connectivity index (χ4n) is 1.94. The number of nitrogens with one attached hydrogen (secondary N) is 1. The SMILES string of the molecule is O=C(NCC(O)c1ccc(Cl)s1)c1ncoc1C1CC1. The van der Waals surface area contributed by atoms with Crippen molar-refractivity contribution in [3.8, 4) is 0 Å². The van der Waals surface area contributed by atoms with Gasteiger partial charge in [-0.1, -0.05) is 11.6 Å². The molecule has 2 aromatic rings. The van der Waals surface area contributed by atoms with Crippen LogP contribution in [0.25, 0.3) is 0 Å². The standard InChI is InChI=1S/C13H13ClN2O3S/c14-10-4-3-9(20-10)8(17)5-15-13(18)11-12(7-1-2-7)19-6-16-11/h3-4,6-8,17H,1-2,5H2,(H,15,18). The molecule has 106 valence electrons. The van der Waals surface area contributed by atoms with Crippen LogP contribution in [0.4, 0.5) is 0 Å². The third-order valence-electron chi connectivity index (χ3n) is 3.14. The average Bonchev–Trinajstić information content (AvgIpc) is 2.99. The van der Waals surface area contributed by atoms with Crippen molar-refractivity contribution in [2.75, 3.05) is 6.54 Å². The molecule has 0 bridgehead atoms. The maximum absolute atomic E-state index is 12.0. The van der Waals surface area contributed by atoms with E-state index in [-0.39, 0.29) is 12.5 Å². The number of aliphatic hydroxyl groups excluding tert-OH is 1. The molecule has 2 N–H and O–H groups in total. The molecule has 0 saturated heterocycles. The quantitative estimate of drug-likeness (QED) is 0.890. The Morgan fingerprint density at radius 3 is 3.05 bits per heavy atom. The number of thiophene rings is 1. The van der Waals surface area contributed by atoms with Gasteiger partial charge in [0.05, 0.1) is 4.34 Å². The van der Waals surface area contributed by atoms with Crippen molar-refractivity contribution < 1.29 is 14.3 Å². The van der Waals surface area contributed by atoms with Gasteiger partial charge in [0.25, 0.3) is 5.91 Å². The Bertz CT molecular complexity index is 621. The molecule has 5 nitrogen and oxygen atoms in total. The lowest BCUT2D eigenvalue weighted by molar-refractivity contribution is 0.0911. The van der Waals surface area contributed by atoms with Gasteiger partial charge in [-0.3, -0.25) is 4.79 Å². The van der Waals surface area contributed by atoms with Crippen LogP contribution < -0.4 is 5.32 Å². The van der Waals surface area contributed by atoms with Crippen molar-refractivity contribution >= 4 is 28.8 Å². The summed E-state index contributed by atoms with van der Waals surface area (Å²) in [5, 5.41) is 12.6. The number of rotatable bonds is 5. The van der Waals surface area contributed by atoms with E-state index in [1.807, 2.05) is 0 Å². The van der Waals surface area contributed by atoms with E-state index in [2.05, 4.69) is 10.3 Å². The summed E-state index contributed by atoms with van der Waals surface area (Å²) < 4.78 is 5.86. The minimum Gasteiger partial charge on any atom is -0.447 e. The summed E-state index contributed by atoms with van der Waals surface area (Å²) in [6.45, 7) is 0.118. The van der Waals surface area contributed by atoms with Gasteiger partial charge in [0.2, 0.25) is 0 Å². The lowest BCUT2D eigenvalue weighted by atomic mass is 10.2. The molecule has 3 rings (SSSR count). The maximum Gasteiger partial charge on any atom is 0.273 e. The molecule has 1 saturated carbocycles. The van der Waals surface area contributed by atoms with Crippen molar-refractivity contribution in [1.82, 2.24) is 10.3 Å². The minimum absolute atomic E-state index is 0.118. The van der Waals surface area contributed by atoms with Gasteiger partial charge in [-0.2, -0.15) is 0 Å². The van der Waals surface area contributed by atoms with E-state index in [0.29, 0.717) is 21.7 Å². The van der Waals surface area contributed by atoms with Crippen LogP contribution in [-0.4, -0.2) is 22.5 Å². The van der Waals surface area contributed by atoms with Gasteiger partial charge in [0, 0.05) is 17.3 Å². The van der Waals surface area contributed by atoms with Crippen LogP contribution in [-0.2, 0) is 0 Å². The number of halogens is 1. The highest BCUT2D eigenvalue weighted by Gasteiger charge is 2.32. The van der Waals surface area contributed by atoms with Crippen molar-refractivity contribution in [1.29, 1.82) is 0 Å². The van der Waals surface area contributed by atoms with E-state index in [1.54, 1.807) is 12.1 Å². The van der Waals surface area contributed by atoms with E-state index < -0.39 is 6.10 Å². The van der Waals surface area contributed by atoms with E-state index in [0.717, 1.165) is 17.7 Å². The number of hydrogen-bond donors (Lipinski definition) is 2. The summed E-state index contributed by atoms with van der Waals surface area (Å²) in [6.07, 6.45) is 2.59. The number of carbonyl (C=O) groups excluding carboxylic acids is 1. The molecule has 1 unspecified atom stereocenters. The number of oxazole rings is 1. The molecule has 7 heteroatoms. The highest BCUT2D eigenvalue weighted by molar-refractivity contribution is 7.16. The number of hydrogen-bond acceptors (Lipinski definition) is 5. The number of aliphatic hydroxyl groups is 1.